The number of anilines is 2. The highest BCUT2D eigenvalue weighted by Gasteiger charge is 2.52. The van der Waals surface area contributed by atoms with E-state index in [1.807, 2.05) is 12.1 Å². The van der Waals surface area contributed by atoms with Crippen molar-refractivity contribution < 1.29 is 0 Å². The molecule has 0 amide bonds. The number of para-hydroxylation sites is 2. The van der Waals surface area contributed by atoms with E-state index in [1.165, 1.54) is 11.1 Å². The third kappa shape index (κ3) is 4.44. The molecule has 0 bridgehead atoms. The quantitative estimate of drug-likeness (QED) is 0.276. The lowest BCUT2D eigenvalue weighted by Crippen LogP contribution is -2.56. The number of nitrogens with zero attached hydrogens (tertiary/aromatic N) is 4. The van der Waals surface area contributed by atoms with Crippen molar-refractivity contribution in [3.63, 3.8) is 0 Å². The Morgan fingerprint density at radius 3 is 1.76 bits per heavy atom. The number of benzene rings is 4. The summed E-state index contributed by atoms with van der Waals surface area (Å²) in [4.78, 5) is -0.519. The summed E-state index contributed by atoms with van der Waals surface area (Å²) < 4.78 is 0. The molecule has 4 aromatic rings. The molecule has 0 aromatic heterocycles. The predicted octanol–water partition coefficient (Wildman–Crippen LogP) is 8.08. The molecule has 4 nitrogen and oxygen atoms in total. The SMILES string of the molecule is CC(C)c1ccc(C2=NN(c3ccccc3)[C@@]3(CC2)SC(c2ccccc2)=NN3c2ccccc2)cc1. The fourth-order valence-corrected chi connectivity index (χ4v) is 6.29. The maximum Gasteiger partial charge on any atom is 0.208 e. The van der Waals surface area contributed by atoms with E-state index in [0.29, 0.717) is 5.92 Å². The van der Waals surface area contributed by atoms with E-state index in [1.54, 1.807) is 11.8 Å². The first-order valence-corrected chi connectivity index (χ1v) is 13.7. The predicted molar refractivity (Wildman–Crippen MR) is 157 cm³/mol. The van der Waals surface area contributed by atoms with Crippen molar-refractivity contribution in [3.05, 3.63) is 132 Å². The van der Waals surface area contributed by atoms with Gasteiger partial charge in [-0.25, -0.2) is 10.0 Å². The number of hydrogen-bond donors (Lipinski definition) is 0. The van der Waals surface area contributed by atoms with Crippen molar-refractivity contribution in [1.82, 2.24) is 0 Å². The van der Waals surface area contributed by atoms with E-state index in [2.05, 4.69) is 127 Å². The van der Waals surface area contributed by atoms with Gasteiger partial charge in [-0.15, -0.1) is 0 Å². The van der Waals surface area contributed by atoms with Crippen LogP contribution in [0.25, 0.3) is 0 Å². The molecule has 6 rings (SSSR count). The first-order valence-electron chi connectivity index (χ1n) is 12.9. The van der Waals surface area contributed by atoms with Crippen LogP contribution < -0.4 is 10.0 Å². The van der Waals surface area contributed by atoms with E-state index in [-0.39, 0.29) is 0 Å². The number of rotatable bonds is 5. The van der Waals surface area contributed by atoms with Crippen LogP contribution in [0.2, 0.25) is 0 Å². The zero-order valence-corrected chi connectivity index (χ0v) is 22.0. The summed E-state index contributed by atoms with van der Waals surface area (Å²) in [5.41, 5.74) is 6.86. The van der Waals surface area contributed by atoms with Crippen LogP contribution in [0.5, 0.6) is 0 Å². The van der Waals surface area contributed by atoms with Crippen LogP contribution in [0.1, 0.15) is 49.3 Å². The van der Waals surface area contributed by atoms with Gasteiger partial charge in [0, 0.05) is 12.0 Å². The van der Waals surface area contributed by atoms with Crippen molar-refractivity contribution in [2.75, 3.05) is 10.0 Å². The van der Waals surface area contributed by atoms with Crippen LogP contribution in [-0.4, -0.2) is 15.8 Å². The molecule has 2 aliphatic heterocycles. The van der Waals surface area contributed by atoms with Crippen molar-refractivity contribution in [2.45, 2.75) is 37.6 Å². The van der Waals surface area contributed by atoms with Gasteiger partial charge in [-0.3, -0.25) is 0 Å². The van der Waals surface area contributed by atoms with Crippen molar-refractivity contribution in [3.8, 4) is 0 Å². The minimum Gasteiger partial charge on any atom is -0.228 e. The van der Waals surface area contributed by atoms with E-state index in [0.717, 1.165) is 40.5 Å². The van der Waals surface area contributed by atoms with Gasteiger partial charge in [0.25, 0.3) is 0 Å². The fourth-order valence-electron chi connectivity index (χ4n) is 4.93. The molecule has 37 heavy (non-hydrogen) atoms. The Morgan fingerprint density at radius 1 is 0.649 bits per heavy atom. The average molecular weight is 503 g/mol. The van der Waals surface area contributed by atoms with Gasteiger partial charge in [0.05, 0.1) is 17.1 Å². The molecule has 0 radical (unpaired) electrons. The van der Waals surface area contributed by atoms with Crippen molar-refractivity contribution >= 4 is 33.9 Å². The number of hydrogen-bond acceptors (Lipinski definition) is 5. The lowest BCUT2D eigenvalue weighted by molar-refractivity contribution is 0.487. The molecule has 0 unspecified atom stereocenters. The first kappa shape index (κ1) is 23.6. The Labute approximate surface area is 223 Å². The number of hydrazone groups is 2. The largest absolute Gasteiger partial charge is 0.228 e. The van der Waals surface area contributed by atoms with Crippen LogP contribution in [0.4, 0.5) is 11.4 Å². The summed E-state index contributed by atoms with van der Waals surface area (Å²) >= 11 is 1.79. The monoisotopic (exact) mass is 502 g/mol. The fraction of sp³-hybridized carbons (Fsp3) is 0.188. The van der Waals surface area contributed by atoms with Crippen molar-refractivity contribution in [2.24, 2.45) is 10.2 Å². The summed E-state index contributed by atoms with van der Waals surface area (Å²) in [5, 5.41) is 15.9. The Bertz CT molecular complexity index is 1420. The maximum absolute atomic E-state index is 5.35. The van der Waals surface area contributed by atoms with E-state index in [9.17, 15) is 0 Å². The zero-order chi connectivity index (χ0) is 25.2. The summed E-state index contributed by atoms with van der Waals surface area (Å²) in [6, 6.07) is 40.3. The van der Waals surface area contributed by atoms with Gasteiger partial charge >= 0.3 is 0 Å². The second-order valence-electron chi connectivity index (χ2n) is 9.73. The Balaban J connectivity index is 1.48. The summed E-state index contributed by atoms with van der Waals surface area (Å²) in [7, 11) is 0. The lowest BCUT2D eigenvalue weighted by Gasteiger charge is -2.46. The molecular formula is C32H30N4S. The van der Waals surface area contributed by atoms with Gasteiger partial charge in [-0.1, -0.05) is 105 Å². The standard InChI is InChI=1S/C32H30N4S/c1-24(2)25-18-20-26(21-19-25)30-22-23-32(35(33-30)28-14-8-4-9-15-28)36(29-16-10-5-11-17-29)34-31(37-32)27-12-6-3-7-13-27/h3-21,24H,22-23H2,1-2H3/t32-/m1/s1. The molecule has 0 N–H and O–H groups in total. The normalized spacial score (nSPS) is 19.3. The van der Waals surface area contributed by atoms with Gasteiger partial charge in [-0.05, 0) is 59.5 Å². The van der Waals surface area contributed by atoms with Crippen LogP contribution >= 0.6 is 11.8 Å². The van der Waals surface area contributed by atoms with Gasteiger partial charge < -0.3 is 0 Å². The highest BCUT2D eigenvalue weighted by Crippen LogP contribution is 2.51. The molecule has 1 atom stereocenters. The second kappa shape index (κ2) is 9.91. The van der Waals surface area contributed by atoms with Gasteiger partial charge in [0.15, 0.2) is 0 Å². The third-order valence-electron chi connectivity index (χ3n) is 6.95. The molecule has 0 aliphatic carbocycles. The van der Waals surface area contributed by atoms with Crippen LogP contribution in [0.15, 0.2) is 125 Å². The zero-order valence-electron chi connectivity index (χ0n) is 21.2. The summed E-state index contributed by atoms with van der Waals surface area (Å²) in [6.07, 6.45) is 1.73. The lowest BCUT2D eigenvalue weighted by atomic mass is 9.97. The molecule has 5 heteroatoms. The molecular weight excluding hydrogens is 472 g/mol. The highest BCUT2D eigenvalue weighted by molar-refractivity contribution is 8.16. The Morgan fingerprint density at radius 2 is 1.19 bits per heavy atom. The Hall–Kier alpha value is -3.83. The second-order valence-corrected chi connectivity index (χ2v) is 11.0. The summed E-state index contributed by atoms with van der Waals surface area (Å²) in [5.74, 6) is 0.509. The van der Waals surface area contributed by atoms with Crippen molar-refractivity contribution in [1.29, 1.82) is 0 Å². The third-order valence-corrected chi connectivity index (χ3v) is 8.34. The minimum atomic E-state index is -0.519. The molecule has 184 valence electrons. The van der Waals surface area contributed by atoms with Gasteiger partial charge in [0.1, 0.15) is 5.04 Å². The maximum atomic E-state index is 5.35. The minimum absolute atomic E-state index is 0.509. The molecule has 0 saturated carbocycles. The van der Waals surface area contributed by atoms with E-state index in [4.69, 9.17) is 10.2 Å². The topological polar surface area (TPSA) is 31.2 Å². The molecule has 4 aromatic carbocycles. The van der Waals surface area contributed by atoms with Gasteiger partial charge in [0.2, 0.25) is 4.99 Å². The van der Waals surface area contributed by atoms with Crippen LogP contribution in [0.3, 0.4) is 0 Å². The highest BCUT2D eigenvalue weighted by atomic mass is 32.2. The summed E-state index contributed by atoms with van der Waals surface area (Å²) in [6.45, 7) is 4.46. The first-order chi connectivity index (χ1) is 18.1. The average Bonchev–Trinajstić information content (AvgIpc) is 3.34. The van der Waals surface area contributed by atoms with E-state index >= 15 is 0 Å². The molecule has 0 saturated heterocycles. The number of thioether (sulfide) groups is 1. The Kier molecular flexibility index (Phi) is 6.31. The molecule has 2 aliphatic rings. The van der Waals surface area contributed by atoms with Crippen LogP contribution in [-0.2, 0) is 0 Å². The van der Waals surface area contributed by atoms with Crippen LogP contribution in [0, 0.1) is 0 Å². The smallest absolute Gasteiger partial charge is 0.208 e. The van der Waals surface area contributed by atoms with Gasteiger partial charge in [-0.2, -0.15) is 10.2 Å². The van der Waals surface area contributed by atoms with E-state index < -0.39 is 4.99 Å². The molecule has 1 spiro atoms. The molecule has 0 fully saturated rings. The molecule has 2 heterocycles.